The lowest BCUT2D eigenvalue weighted by molar-refractivity contribution is -0.118. The number of nitrogens with one attached hydrogen (secondary N) is 1. The molecule has 0 heterocycles. The van der Waals surface area contributed by atoms with E-state index in [0.717, 1.165) is 0 Å². The van der Waals surface area contributed by atoms with Crippen molar-refractivity contribution < 1.29 is 9.18 Å². The van der Waals surface area contributed by atoms with Gasteiger partial charge in [-0.05, 0) is 24.1 Å². The highest BCUT2D eigenvalue weighted by atomic mass is 79.9. The molecule has 0 aliphatic carbocycles. The van der Waals surface area contributed by atoms with Gasteiger partial charge >= 0.3 is 0 Å². The van der Waals surface area contributed by atoms with Crippen LogP contribution in [0.15, 0.2) is 22.7 Å². The molecule has 3 N–H and O–H groups in total. The highest BCUT2D eigenvalue weighted by Gasteiger charge is 2.18. The van der Waals surface area contributed by atoms with Crippen LogP contribution >= 0.6 is 15.9 Å². The molecular weight excluding hydrogens is 275 g/mol. The lowest BCUT2D eigenvalue weighted by Gasteiger charge is -2.15. The van der Waals surface area contributed by atoms with Gasteiger partial charge < -0.3 is 11.1 Å². The summed E-state index contributed by atoms with van der Waals surface area (Å²) in [5.41, 5.74) is 5.78. The zero-order chi connectivity index (χ0) is 12.3. The Morgan fingerprint density at radius 3 is 2.69 bits per heavy atom. The average molecular weight is 289 g/mol. The Morgan fingerprint density at radius 1 is 1.50 bits per heavy atom. The first-order chi connectivity index (χ1) is 7.41. The number of benzene rings is 1. The Morgan fingerprint density at radius 2 is 2.12 bits per heavy atom. The molecule has 0 aliphatic rings. The summed E-state index contributed by atoms with van der Waals surface area (Å²) in [6, 6.07) is 3.70. The Kier molecular flexibility index (Phi) is 4.44. The van der Waals surface area contributed by atoms with Crippen molar-refractivity contribution in [2.75, 3.05) is 5.32 Å². The molecule has 16 heavy (non-hydrogen) atoms. The van der Waals surface area contributed by atoms with Crippen molar-refractivity contribution in [3.05, 3.63) is 28.5 Å². The standard InChI is InChI=1S/C11H14BrFN2O/c1-6(2)10(14)11(16)15-9-5-7(12)3-4-8(9)13/h3-6,10H,14H2,1-2H3,(H,15,16). The van der Waals surface area contributed by atoms with Gasteiger partial charge in [-0.25, -0.2) is 4.39 Å². The number of nitrogens with two attached hydrogens (primary N) is 1. The predicted molar refractivity (Wildman–Crippen MR) is 65.5 cm³/mol. The summed E-state index contributed by atoms with van der Waals surface area (Å²) < 4.78 is 14.0. The van der Waals surface area contributed by atoms with Crippen LogP contribution in [0.2, 0.25) is 0 Å². The molecule has 0 saturated heterocycles. The van der Waals surface area contributed by atoms with Crippen LogP contribution in [0.4, 0.5) is 10.1 Å². The molecule has 0 aliphatic heterocycles. The fourth-order valence-electron chi connectivity index (χ4n) is 1.11. The van der Waals surface area contributed by atoms with E-state index in [1.807, 2.05) is 13.8 Å². The van der Waals surface area contributed by atoms with Gasteiger partial charge in [0.2, 0.25) is 5.91 Å². The van der Waals surface area contributed by atoms with Crippen molar-refractivity contribution in [2.24, 2.45) is 11.7 Å². The second-order valence-electron chi connectivity index (χ2n) is 3.88. The molecule has 0 spiro atoms. The van der Waals surface area contributed by atoms with E-state index in [-0.39, 0.29) is 17.5 Å². The summed E-state index contributed by atoms with van der Waals surface area (Å²) in [6.07, 6.45) is 0. The van der Waals surface area contributed by atoms with E-state index < -0.39 is 11.9 Å². The molecule has 1 unspecified atom stereocenters. The maximum atomic E-state index is 13.3. The van der Waals surface area contributed by atoms with Crippen molar-refractivity contribution in [2.45, 2.75) is 19.9 Å². The van der Waals surface area contributed by atoms with Gasteiger partial charge in [0.15, 0.2) is 0 Å². The van der Waals surface area contributed by atoms with Crippen molar-refractivity contribution in [1.82, 2.24) is 0 Å². The first kappa shape index (κ1) is 13.1. The molecule has 1 rings (SSSR count). The predicted octanol–water partition coefficient (Wildman–Crippen LogP) is 2.51. The highest BCUT2D eigenvalue weighted by molar-refractivity contribution is 9.10. The largest absolute Gasteiger partial charge is 0.322 e. The maximum Gasteiger partial charge on any atom is 0.241 e. The molecule has 88 valence electrons. The number of anilines is 1. The minimum absolute atomic E-state index is 0.00946. The second kappa shape index (κ2) is 5.41. The van der Waals surface area contributed by atoms with E-state index >= 15 is 0 Å². The number of amides is 1. The fourth-order valence-corrected chi connectivity index (χ4v) is 1.47. The zero-order valence-corrected chi connectivity index (χ0v) is 10.7. The van der Waals surface area contributed by atoms with Gasteiger partial charge in [0.25, 0.3) is 0 Å². The molecule has 1 amide bonds. The minimum atomic E-state index is -0.640. The second-order valence-corrected chi connectivity index (χ2v) is 4.80. The van der Waals surface area contributed by atoms with Gasteiger partial charge in [-0.3, -0.25) is 4.79 Å². The lowest BCUT2D eigenvalue weighted by Crippen LogP contribution is -2.39. The van der Waals surface area contributed by atoms with E-state index in [1.54, 1.807) is 6.07 Å². The highest BCUT2D eigenvalue weighted by Crippen LogP contribution is 2.20. The summed E-state index contributed by atoms with van der Waals surface area (Å²) in [5, 5.41) is 2.46. The van der Waals surface area contributed by atoms with Crippen LogP contribution < -0.4 is 11.1 Å². The third kappa shape index (κ3) is 3.28. The molecule has 0 bridgehead atoms. The zero-order valence-electron chi connectivity index (χ0n) is 9.13. The van der Waals surface area contributed by atoms with E-state index in [2.05, 4.69) is 21.2 Å². The lowest BCUT2D eigenvalue weighted by atomic mass is 10.0. The molecular formula is C11H14BrFN2O. The normalized spacial score (nSPS) is 12.6. The van der Waals surface area contributed by atoms with Crippen molar-refractivity contribution in [3.63, 3.8) is 0 Å². The van der Waals surface area contributed by atoms with Crippen LogP contribution in [-0.2, 0) is 4.79 Å². The quantitative estimate of drug-likeness (QED) is 0.898. The van der Waals surface area contributed by atoms with Gasteiger partial charge in [0.05, 0.1) is 11.7 Å². The molecule has 0 saturated carbocycles. The number of carbonyl (C=O) groups is 1. The van der Waals surface area contributed by atoms with Crippen molar-refractivity contribution >= 4 is 27.5 Å². The smallest absolute Gasteiger partial charge is 0.241 e. The Balaban J connectivity index is 2.80. The third-order valence-corrected chi connectivity index (χ3v) is 2.70. The van der Waals surface area contributed by atoms with Crippen LogP contribution in [0.5, 0.6) is 0 Å². The summed E-state index contributed by atoms with van der Waals surface area (Å²) in [7, 11) is 0. The molecule has 5 heteroatoms. The van der Waals surface area contributed by atoms with E-state index in [9.17, 15) is 9.18 Å². The van der Waals surface area contributed by atoms with Crippen LogP contribution in [0.1, 0.15) is 13.8 Å². The van der Waals surface area contributed by atoms with E-state index in [0.29, 0.717) is 4.47 Å². The van der Waals surface area contributed by atoms with Gasteiger partial charge in [0, 0.05) is 4.47 Å². The Hall–Kier alpha value is -0.940. The molecule has 3 nitrogen and oxygen atoms in total. The number of hydrogen-bond acceptors (Lipinski definition) is 2. The fraction of sp³-hybridized carbons (Fsp3) is 0.364. The van der Waals surface area contributed by atoms with Crippen LogP contribution in [-0.4, -0.2) is 11.9 Å². The number of hydrogen-bond donors (Lipinski definition) is 2. The number of rotatable bonds is 3. The van der Waals surface area contributed by atoms with E-state index in [4.69, 9.17) is 5.73 Å². The summed E-state index contributed by atoms with van der Waals surface area (Å²) in [4.78, 5) is 11.6. The molecule has 0 aromatic heterocycles. The first-order valence-electron chi connectivity index (χ1n) is 4.93. The van der Waals surface area contributed by atoms with E-state index in [1.165, 1.54) is 12.1 Å². The van der Waals surface area contributed by atoms with Crippen LogP contribution in [0.25, 0.3) is 0 Å². The molecule has 0 fully saturated rings. The average Bonchev–Trinajstić information content (AvgIpc) is 2.22. The first-order valence-corrected chi connectivity index (χ1v) is 5.72. The minimum Gasteiger partial charge on any atom is -0.322 e. The van der Waals surface area contributed by atoms with Gasteiger partial charge in [-0.1, -0.05) is 29.8 Å². The summed E-state index contributed by atoms with van der Waals surface area (Å²) in [6.45, 7) is 3.67. The van der Waals surface area contributed by atoms with Crippen LogP contribution in [0, 0.1) is 11.7 Å². The Bertz CT molecular complexity index is 396. The van der Waals surface area contributed by atoms with Crippen molar-refractivity contribution in [1.29, 1.82) is 0 Å². The number of halogens is 2. The molecule has 0 radical (unpaired) electrons. The Labute approximate surface area is 102 Å². The summed E-state index contributed by atoms with van der Waals surface area (Å²) >= 11 is 3.20. The monoisotopic (exact) mass is 288 g/mol. The maximum absolute atomic E-state index is 13.3. The van der Waals surface area contributed by atoms with Gasteiger partial charge in [-0.2, -0.15) is 0 Å². The summed E-state index contributed by atoms with van der Waals surface area (Å²) in [5.74, 6) is -0.852. The molecule has 1 atom stereocenters. The van der Waals surface area contributed by atoms with Crippen molar-refractivity contribution in [3.8, 4) is 0 Å². The third-order valence-electron chi connectivity index (χ3n) is 2.21. The molecule has 1 aromatic carbocycles. The number of carbonyl (C=O) groups excluding carboxylic acids is 1. The van der Waals surface area contributed by atoms with Crippen LogP contribution in [0.3, 0.4) is 0 Å². The van der Waals surface area contributed by atoms with Gasteiger partial charge in [0.1, 0.15) is 5.82 Å². The van der Waals surface area contributed by atoms with Gasteiger partial charge in [-0.15, -0.1) is 0 Å². The SMILES string of the molecule is CC(C)C(N)C(=O)Nc1cc(Br)ccc1F. The topological polar surface area (TPSA) is 55.1 Å². The molecule has 1 aromatic rings.